The van der Waals surface area contributed by atoms with E-state index in [2.05, 4.69) is 0 Å². The minimum Gasteiger partial charge on any atom is -0.467 e. The van der Waals surface area contributed by atoms with Gasteiger partial charge in [0.1, 0.15) is 4.99 Å². The van der Waals surface area contributed by atoms with Crippen LogP contribution in [0.15, 0.2) is 24.3 Å². The van der Waals surface area contributed by atoms with E-state index in [-0.39, 0.29) is 5.97 Å². The highest BCUT2D eigenvalue weighted by atomic mass is 32.1. The number of morpholine rings is 1. The van der Waals surface area contributed by atoms with Crippen molar-refractivity contribution in [3.63, 3.8) is 0 Å². The Kier molecular flexibility index (Phi) is 4.34. The van der Waals surface area contributed by atoms with Crippen LogP contribution in [0.3, 0.4) is 0 Å². The van der Waals surface area contributed by atoms with E-state index in [0.29, 0.717) is 24.7 Å². The van der Waals surface area contributed by atoms with Crippen molar-refractivity contribution in [3.8, 4) is 0 Å². The minimum absolute atomic E-state index is 0.293. The van der Waals surface area contributed by atoms with Crippen LogP contribution in [-0.2, 0) is 14.3 Å². The van der Waals surface area contributed by atoms with Crippen LogP contribution >= 0.6 is 12.2 Å². The Labute approximate surface area is 117 Å². The maximum atomic E-state index is 11.7. The highest BCUT2D eigenvalue weighted by Crippen LogP contribution is 2.21. The first-order valence-corrected chi connectivity index (χ1v) is 6.36. The van der Waals surface area contributed by atoms with E-state index >= 15 is 0 Å². The fraction of sp³-hybridized carbons (Fsp3) is 0.385. The first-order chi connectivity index (χ1) is 9.13. The number of rotatable bonds is 3. The van der Waals surface area contributed by atoms with Gasteiger partial charge in [-0.05, 0) is 24.3 Å². The number of carbonyl (C=O) groups excluding carboxylic acids is 1. The number of thiocarbonyl (C=S) groups is 1. The van der Waals surface area contributed by atoms with E-state index in [0.717, 1.165) is 11.3 Å². The van der Waals surface area contributed by atoms with Crippen molar-refractivity contribution in [1.82, 2.24) is 0 Å². The molecule has 1 aromatic carbocycles. The second-order valence-corrected chi connectivity index (χ2v) is 4.66. The minimum atomic E-state index is -0.408. The first-order valence-electron chi connectivity index (χ1n) is 5.95. The molecule has 1 aromatic rings. The predicted octanol–water partition coefficient (Wildman–Crippen LogP) is 0.699. The van der Waals surface area contributed by atoms with Gasteiger partial charge in [0.2, 0.25) is 0 Å². The van der Waals surface area contributed by atoms with Crippen LogP contribution in [-0.4, -0.2) is 43.9 Å². The van der Waals surface area contributed by atoms with Gasteiger partial charge in [-0.25, -0.2) is 4.79 Å². The molecule has 102 valence electrons. The smallest absolute Gasteiger partial charge is 0.330 e. The molecule has 0 aromatic heterocycles. The molecule has 1 aliphatic rings. The first kappa shape index (κ1) is 13.8. The number of nitrogens with two attached hydrogens (primary N) is 1. The maximum absolute atomic E-state index is 11.7. The number of methoxy groups -OCH3 is 1. The summed E-state index contributed by atoms with van der Waals surface area (Å²) in [5, 5.41) is 0. The predicted molar refractivity (Wildman–Crippen MR) is 76.3 cm³/mol. The van der Waals surface area contributed by atoms with Gasteiger partial charge in [0.25, 0.3) is 0 Å². The zero-order valence-corrected chi connectivity index (χ0v) is 11.5. The van der Waals surface area contributed by atoms with Crippen molar-refractivity contribution >= 4 is 28.9 Å². The highest BCUT2D eigenvalue weighted by molar-refractivity contribution is 7.80. The number of ether oxygens (including phenoxy) is 2. The third-order valence-electron chi connectivity index (χ3n) is 3.09. The Morgan fingerprint density at radius 1 is 1.47 bits per heavy atom. The molecule has 1 heterocycles. The van der Waals surface area contributed by atoms with Crippen LogP contribution in [0.1, 0.15) is 5.56 Å². The molecule has 19 heavy (non-hydrogen) atoms. The number of anilines is 1. The molecule has 1 fully saturated rings. The molecule has 0 aliphatic carbocycles. The van der Waals surface area contributed by atoms with Crippen molar-refractivity contribution < 1.29 is 14.3 Å². The zero-order chi connectivity index (χ0) is 13.8. The summed E-state index contributed by atoms with van der Waals surface area (Å²) in [6.07, 6.45) is 0. The molecule has 0 amide bonds. The van der Waals surface area contributed by atoms with Crippen LogP contribution in [0.5, 0.6) is 0 Å². The van der Waals surface area contributed by atoms with E-state index in [1.165, 1.54) is 7.11 Å². The molecule has 1 atom stereocenters. The topological polar surface area (TPSA) is 64.8 Å². The summed E-state index contributed by atoms with van der Waals surface area (Å²) < 4.78 is 10.1. The van der Waals surface area contributed by atoms with Crippen LogP contribution in [0.2, 0.25) is 0 Å². The Bertz CT molecular complexity index is 475. The van der Waals surface area contributed by atoms with E-state index in [9.17, 15) is 4.79 Å². The van der Waals surface area contributed by atoms with Gasteiger partial charge in [0.05, 0.1) is 20.3 Å². The highest BCUT2D eigenvalue weighted by Gasteiger charge is 2.30. The lowest BCUT2D eigenvalue weighted by atomic mass is 10.1. The standard InChI is InChI=1S/C13H16N2O3S/c1-17-13(16)11-8-18-7-6-15(11)10-4-2-9(3-5-10)12(14)19/h2-5,11H,6-8H2,1H3,(H2,14,19). The average Bonchev–Trinajstić information content (AvgIpc) is 2.46. The number of benzene rings is 1. The molecule has 1 saturated heterocycles. The third-order valence-corrected chi connectivity index (χ3v) is 3.32. The van der Waals surface area contributed by atoms with Gasteiger partial charge in [0, 0.05) is 17.8 Å². The second kappa shape index (κ2) is 5.99. The quantitative estimate of drug-likeness (QED) is 0.649. The van der Waals surface area contributed by atoms with Gasteiger partial charge in [-0.3, -0.25) is 0 Å². The van der Waals surface area contributed by atoms with Gasteiger partial charge >= 0.3 is 5.97 Å². The molecule has 2 N–H and O–H groups in total. The summed E-state index contributed by atoms with van der Waals surface area (Å²) in [5.41, 5.74) is 7.30. The van der Waals surface area contributed by atoms with Gasteiger partial charge in [-0.1, -0.05) is 12.2 Å². The summed E-state index contributed by atoms with van der Waals surface area (Å²) >= 11 is 4.92. The molecular formula is C13H16N2O3S. The van der Waals surface area contributed by atoms with Crippen molar-refractivity contribution in [1.29, 1.82) is 0 Å². The molecule has 5 nitrogen and oxygen atoms in total. The molecule has 0 saturated carbocycles. The van der Waals surface area contributed by atoms with Crippen molar-refractivity contribution in [3.05, 3.63) is 29.8 Å². The van der Waals surface area contributed by atoms with Crippen molar-refractivity contribution in [2.45, 2.75) is 6.04 Å². The van der Waals surface area contributed by atoms with Crippen LogP contribution in [0, 0.1) is 0 Å². The Balaban J connectivity index is 2.22. The SMILES string of the molecule is COC(=O)C1COCCN1c1ccc(C(N)=S)cc1. The molecule has 1 unspecified atom stereocenters. The monoisotopic (exact) mass is 280 g/mol. The lowest BCUT2D eigenvalue weighted by molar-refractivity contribution is -0.144. The Morgan fingerprint density at radius 2 is 2.16 bits per heavy atom. The van der Waals surface area contributed by atoms with E-state index < -0.39 is 6.04 Å². The number of nitrogens with zero attached hydrogens (tertiary/aromatic N) is 1. The van der Waals surface area contributed by atoms with E-state index in [4.69, 9.17) is 27.4 Å². The summed E-state index contributed by atoms with van der Waals surface area (Å²) in [6, 6.07) is 7.09. The van der Waals surface area contributed by atoms with Crippen LogP contribution in [0.4, 0.5) is 5.69 Å². The number of esters is 1. The number of hydrogen-bond acceptors (Lipinski definition) is 5. The van der Waals surface area contributed by atoms with Crippen LogP contribution < -0.4 is 10.6 Å². The largest absolute Gasteiger partial charge is 0.467 e. The fourth-order valence-corrected chi connectivity index (χ4v) is 2.20. The summed E-state index contributed by atoms with van der Waals surface area (Å²) in [5.74, 6) is -0.293. The van der Waals surface area contributed by atoms with Gasteiger partial charge in [-0.15, -0.1) is 0 Å². The lowest BCUT2D eigenvalue weighted by Gasteiger charge is -2.35. The number of hydrogen-bond donors (Lipinski definition) is 1. The normalized spacial score (nSPS) is 19.0. The van der Waals surface area contributed by atoms with Gasteiger partial charge < -0.3 is 20.1 Å². The summed E-state index contributed by atoms with van der Waals surface area (Å²) in [7, 11) is 1.38. The van der Waals surface area contributed by atoms with Crippen molar-refractivity contribution in [2.24, 2.45) is 5.73 Å². The summed E-state index contributed by atoms with van der Waals surface area (Å²) in [6.45, 7) is 1.57. The molecule has 0 radical (unpaired) electrons. The Hall–Kier alpha value is -1.66. The molecule has 2 rings (SSSR count). The fourth-order valence-electron chi connectivity index (χ4n) is 2.06. The van der Waals surface area contributed by atoms with Gasteiger partial charge in [0.15, 0.2) is 6.04 Å². The lowest BCUT2D eigenvalue weighted by Crippen LogP contribution is -2.50. The molecule has 1 aliphatic heterocycles. The third kappa shape index (κ3) is 3.02. The maximum Gasteiger partial charge on any atom is 0.330 e. The second-order valence-electron chi connectivity index (χ2n) is 4.22. The molecule has 6 heteroatoms. The van der Waals surface area contributed by atoms with E-state index in [1.54, 1.807) is 0 Å². The van der Waals surface area contributed by atoms with Crippen molar-refractivity contribution in [2.75, 3.05) is 31.8 Å². The Morgan fingerprint density at radius 3 is 2.74 bits per heavy atom. The molecule has 0 spiro atoms. The van der Waals surface area contributed by atoms with E-state index in [1.807, 2.05) is 29.2 Å². The van der Waals surface area contributed by atoms with Gasteiger partial charge in [-0.2, -0.15) is 0 Å². The van der Waals surface area contributed by atoms with Crippen LogP contribution in [0.25, 0.3) is 0 Å². The average molecular weight is 280 g/mol. The number of carbonyl (C=O) groups is 1. The molecular weight excluding hydrogens is 264 g/mol. The molecule has 0 bridgehead atoms. The summed E-state index contributed by atoms with van der Waals surface area (Å²) in [4.78, 5) is 14.1. The zero-order valence-electron chi connectivity index (χ0n) is 10.7.